The van der Waals surface area contributed by atoms with Gasteiger partial charge in [0.05, 0.1) is 0 Å². The molecule has 3 rings (SSSR count). The van der Waals surface area contributed by atoms with Crippen molar-refractivity contribution in [2.75, 3.05) is 0 Å². The molecule has 0 fully saturated rings. The van der Waals surface area contributed by atoms with Crippen molar-refractivity contribution in [2.45, 2.75) is 14.7 Å². The maximum absolute atomic E-state index is 13.3. The molecular weight excluding hydrogens is 347 g/mol. The highest BCUT2D eigenvalue weighted by Crippen LogP contribution is 2.73. The van der Waals surface area contributed by atoms with E-state index < -0.39 is 8.46 Å². The molecule has 0 bridgehead atoms. The minimum absolute atomic E-state index is 0.214. The zero-order valence-electron chi connectivity index (χ0n) is 11.2. The van der Waals surface area contributed by atoms with Gasteiger partial charge in [-0.05, 0) is 63.3 Å². The molecule has 0 aliphatic heterocycles. The van der Waals surface area contributed by atoms with Crippen molar-refractivity contribution in [2.24, 2.45) is 0 Å². The van der Waals surface area contributed by atoms with Crippen molar-refractivity contribution >= 4 is 23.3 Å². The van der Waals surface area contributed by atoms with Crippen LogP contribution in [-0.4, -0.2) is 0 Å². The van der Waals surface area contributed by atoms with E-state index in [-0.39, 0.29) is 5.82 Å². The largest absolute Gasteiger partial charge is 0.207 e. The van der Waals surface area contributed by atoms with Crippen molar-refractivity contribution in [3.8, 4) is 0 Å². The number of hydrogen-bond acceptors (Lipinski definition) is 0. The molecule has 0 saturated carbocycles. The average molecular weight is 361 g/mol. The highest BCUT2D eigenvalue weighted by atomic mass is 79.9. The predicted molar refractivity (Wildman–Crippen MR) is 90.6 cm³/mol. The predicted octanol–water partition coefficient (Wildman–Crippen LogP) is 6.42. The third-order valence-corrected chi connectivity index (χ3v) is 9.40. The van der Waals surface area contributed by atoms with Crippen molar-refractivity contribution in [1.29, 1.82) is 0 Å². The van der Waals surface area contributed by atoms with Crippen LogP contribution in [0.15, 0.2) is 99.6 Å². The van der Waals surface area contributed by atoms with Gasteiger partial charge in [0.15, 0.2) is 0 Å². The first kappa shape index (κ1) is 14.4. The maximum atomic E-state index is 13.3. The van der Waals surface area contributed by atoms with Crippen LogP contribution in [0.5, 0.6) is 0 Å². The summed E-state index contributed by atoms with van der Waals surface area (Å²) < 4.78 is 13.3. The summed E-state index contributed by atoms with van der Waals surface area (Å²) in [6.45, 7) is 0. The molecule has 0 aliphatic carbocycles. The minimum atomic E-state index is -1.55. The van der Waals surface area contributed by atoms with Gasteiger partial charge in [0.25, 0.3) is 0 Å². The lowest BCUT2D eigenvalue weighted by molar-refractivity contribution is 0.626. The molecule has 0 nitrogen and oxygen atoms in total. The average Bonchev–Trinajstić information content (AvgIpc) is 2.56. The van der Waals surface area contributed by atoms with Crippen molar-refractivity contribution in [3.63, 3.8) is 0 Å². The Morgan fingerprint density at radius 3 is 1.38 bits per heavy atom. The first-order valence-corrected chi connectivity index (χ1v) is 10.1. The van der Waals surface area contributed by atoms with Crippen LogP contribution in [0.4, 0.5) is 4.39 Å². The van der Waals surface area contributed by atoms with E-state index in [4.69, 9.17) is 0 Å². The Morgan fingerprint density at radius 1 is 0.571 bits per heavy atom. The lowest BCUT2D eigenvalue weighted by atomic mass is 10.3. The van der Waals surface area contributed by atoms with Gasteiger partial charge in [-0.2, -0.15) is 0 Å². The quantitative estimate of drug-likeness (QED) is 0.505. The van der Waals surface area contributed by atoms with Gasteiger partial charge < -0.3 is 0 Å². The Labute approximate surface area is 133 Å². The zero-order chi connectivity index (χ0) is 14.7. The van der Waals surface area contributed by atoms with Gasteiger partial charge in [0.2, 0.25) is 0 Å². The number of rotatable bonds is 3. The van der Waals surface area contributed by atoms with Gasteiger partial charge in [-0.1, -0.05) is 36.4 Å². The molecular formula is C18H14BrFS. The second-order valence-electron chi connectivity index (χ2n) is 4.62. The molecule has 0 aliphatic rings. The summed E-state index contributed by atoms with van der Waals surface area (Å²) in [5.41, 5.74) is 0. The summed E-state index contributed by atoms with van der Waals surface area (Å²) in [6, 6.07) is 27.3. The van der Waals surface area contributed by atoms with Crippen LogP contribution in [0.1, 0.15) is 0 Å². The van der Waals surface area contributed by atoms with Gasteiger partial charge in [-0.3, -0.25) is 0 Å². The van der Waals surface area contributed by atoms with Crippen LogP contribution in [0.3, 0.4) is 0 Å². The van der Waals surface area contributed by atoms with E-state index in [0.717, 1.165) is 4.90 Å². The minimum Gasteiger partial charge on any atom is -0.207 e. The van der Waals surface area contributed by atoms with E-state index >= 15 is 0 Å². The molecule has 21 heavy (non-hydrogen) atoms. The molecule has 0 unspecified atom stereocenters. The second kappa shape index (κ2) is 6.04. The molecule has 0 aromatic heterocycles. The van der Waals surface area contributed by atoms with Crippen LogP contribution < -0.4 is 0 Å². The van der Waals surface area contributed by atoms with Gasteiger partial charge >= 0.3 is 0 Å². The molecule has 0 atom stereocenters. The molecule has 0 N–H and O–H groups in total. The van der Waals surface area contributed by atoms with Crippen molar-refractivity contribution in [1.82, 2.24) is 0 Å². The SMILES string of the molecule is Fc1ccc(S(Br)(c2ccccc2)c2ccccc2)cc1. The molecule has 3 aromatic rings. The molecule has 0 amide bonds. The van der Waals surface area contributed by atoms with Gasteiger partial charge in [0, 0.05) is 14.7 Å². The molecule has 0 saturated heterocycles. The summed E-state index contributed by atoms with van der Waals surface area (Å²) in [4.78, 5) is 3.48. The number of benzene rings is 3. The summed E-state index contributed by atoms with van der Waals surface area (Å²) in [5, 5.41) is 0. The first-order chi connectivity index (χ1) is 10.2. The van der Waals surface area contributed by atoms with Gasteiger partial charge in [0.1, 0.15) is 5.82 Å². The molecule has 0 heterocycles. The van der Waals surface area contributed by atoms with Crippen LogP contribution in [-0.2, 0) is 0 Å². The Kier molecular flexibility index (Phi) is 4.13. The summed E-state index contributed by atoms with van der Waals surface area (Å²) in [7, 11) is -1.55. The molecule has 3 aromatic carbocycles. The Morgan fingerprint density at radius 2 is 0.952 bits per heavy atom. The van der Waals surface area contributed by atoms with Crippen molar-refractivity contribution in [3.05, 3.63) is 90.7 Å². The lowest BCUT2D eigenvalue weighted by Crippen LogP contribution is -1.96. The van der Waals surface area contributed by atoms with Crippen LogP contribution in [0.2, 0.25) is 0 Å². The van der Waals surface area contributed by atoms with E-state index in [1.807, 2.05) is 48.5 Å². The summed E-state index contributed by atoms with van der Waals surface area (Å²) in [5.74, 6) is -0.214. The zero-order valence-corrected chi connectivity index (χ0v) is 13.6. The fourth-order valence-electron chi connectivity index (χ4n) is 2.25. The first-order valence-electron chi connectivity index (χ1n) is 6.60. The van der Waals surface area contributed by atoms with Crippen LogP contribution in [0.25, 0.3) is 0 Å². The topological polar surface area (TPSA) is 0 Å². The van der Waals surface area contributed by atoms with Gasteiger partial charge in [-0.15, -0.1) is 8.46 Å². The fraction of sp³-hybridized carbons (Fsp3) is 0. The third-order valence-electron chi connectivity index (χ3n) is 3.27. The number of hydrogen-bond donors (Lipinski definition) is 0. The van der Waals surface area contributed by atoms with Crippen molar-refractivity contribution < 1.29 is 4.39 Å². The second-order valence-corrected chi connectivity index (χ2v) is 10.0. The fourth-order valence-corrected chi connectivity index (χ4v) is 6.58. The smallest absolute Gasteiger partial charge is 0.123 e. The molecule has 0 spiro atoms. The Balaban J connectivity index is 2.23. The summed E-state index contributed by atoms with van der Waals surface area (Å²) in [6.07, 6.45) is 0. The highest BCUT2D eigenvalue weighted by molar-refractivity contribution is 9.58. The highest BCUT2D eigenvalue weighted by Gasteiger charge is 2.27. The van der Waals surface area contributed by atoms with E-state index in [0.29, 0.717) is 0 Å². The molecule has 0 radical (unpaired) electrons. The maximum Gasteiger partial charge on any atom is 0.123 e. The summed E-state index contributed by atoms with van der Waals surface area (Å²) >= 11 is 4.00. The van der Waals surface area contributed by atoms with Gasteiger partial charge in [-0.25, -0.2) is 4.39 Å². The Hall–Kier alpha value is -1.58. The monoisotopic (exact) mass is 360 g/mol. The van der Waals surface area contributed by atoms with E-state index in [2.05, 4.69) is 39.1 Å². The van der Waals surface area contributed by atoms with Crippen LogP contribution >= 0.6 is 23.3 Å². The normalized spacial score (nSPS) is 12.1. The third kappa shape index (κ3) is 2.76. The lowest BCUT2D eigenvalue weighted by Gasteiger charge is -2.34. The van der Waals surface area contributed by atoms with E-state index in [1.54, 1.807) is 0 Å². The van der Waals surface area contributed by atoms with Crippen LogP contribution in [0, 0.1) is 5.82 Å². The standard InChI is InChI=1S/C18H14BrFS/c19-21(16-7-3-1-4-8-16,17-9-5-2-6-10-17)18-13-11-15(20)12-14-18/h1-14H. The molecule has 3 heteroatoms. The Bertz CT molecular complexity index is 672. The van der Waals surface area contributed by atoms with E-state index in [9.17, 15) is 4.39 Å². The number of halogens is 2. The molecule has 106 valence electrons. The van der Waals surface area contributed by atoms with E-state index in [1.165, 1.54) is 21.9 Å².